The van der Waals surface area contributed by atoms with Gasteiger partial charge in [-0.05, 0) is 50.3 Å². The minimum atomic E-state index is 0.243. The number of hydrogen-bond donors (Lipinski definition) is 1. The molecular weight excluding hydrogens is 222 g/mol. The molecule has 1 aliphatic carbocycles. The second-order valence-corrected chi connectivity index (χ2v) is 5.60. The Morgan fingerprint density at radius 1 is 1.06 bits per heavy atom. The molecule has 96 valence electrons. The lowest BCUT2D eigenvalue weighted by Crippen LogP contribution is -2.32. The molecule has 2 heteroatoms. The average Bonchev–Trinajstić information content (AvgIpc) is 2.38. The fraction of sp³-hybridized carbons (Fsp3) is 0.562. The Labute approximate surface area is 109 Å². The van der Waals surface area contributed by atoms with Gasteiger partial charge >= 0.3 is 0 Å². The van der Waals surface area contributed by atoms with Crippen molar-refractivity contribution in [3.8, 4) is 0 Å². The molecular formula is C16H21NO. The van der Waals surface area contributed by atoms with Crippen LogP contribution in [0.3, 0.4) is 0 Å². The standard InChI is InChI=1S/C16H21NO/c18-16(13-8-10-17-11-9-13)15-7-2-1-6-14(15)12-4-3-5-12/h1-2,6-7,12-13,17H,3-5,8-11H2. The SMILES string of the molecule is O=C(c1ccccc1C1CCC1)C1CCNCC1. The molecule has 0 unspecified atom stereocenters. The molecule has 1 heterocycles. The molecule has 0 atom stereocenters. The van der Waals surface area contributed by atoms with E-state index >= 15 is 0 Å². The second kappa shape index (κ2) is 5.23. The third-order valence-corrected chi connectivity index (χ3v) is 4.48. The molecule has 2 nitrogen and oxygen atoms in total. The number of rotatable bonds is 3. The Balaban J connectivity index is 1.83. The first-order valence-corrected chi connectivity index (χ1v) is 7.20. The molecule has 0 bridgehead atoms. The first kappa shape index (κ1) is 11.9. The molecule has 2 aliphatic rings. The predicted molar refractivity (Wildman–Crippen MR) is 73.0 cm³/mol. The molecule has 1 aromatic rings. The van der Waals surface area contributed by atoms with Crippen LogP contribution in [0.2, 0.25) is 0 Å². The maximum Gasteiger partial charge on any atom is 0.166 e. The summed E-state index contributed by atoms with van der Waals surface area (Å²) >= 11 is 0. The van der Waals surface area contributed by atoms with E-state index in [1.54, 1.807) is 0 Å². The Hall–Kier alpha value is -1.15. The summed E-state index contributed by atoms with van der Waals surface area (Å²) in [5, 5.41) is 3.33. The monoisotopic (exact) mass is 243 g/mol. The molecule has 0 radical (unpaired) electrons. The first-order chi connectivity index (χ1) is 8.86. The van der Waals surface area contributed by atoms with E-state index in [0.29, 0.717) is 11.7 Å². The first-order valence-electron chi connectivity index (χ1n) is 7.20. The molecule has 3 rings (SSSR count). The van der Waals surface area contributed by atoms with Crippen molar-refractivity contribution in [3.05, 3.63) is 35.4 Å². The fourth-order valence-electron chi connectivity index (χ4n) is 3.10. The summed E-state index contributed by atoms with van der Waals surface area (Å²) in [6, 6.07) is 8.29. The molecule has 1 N–H and O–H groups in total. The smallest absolute Gasteiger partial charge is 0.166 e. The minimum absolute atomic E-state index is 0.243. The summed E-state index contributed by atoms with van der Waals surface area (Å²) in [7, 11) is 0. The van der Waals surface area contributed by atoms with Gasteiger partial charge < -0.3 is 5.32 Å². The van der Waals surface area contributed by atoms with Gasteiger partial charge in [-0.2, -0.15) is 0 Å². The van der Waals surface area contributed by atoms with E-state index in [1.165, 1.54) is 24.8 Å². The van der Waals surface area contributed by atoms with Crippen molar-refractivity contribution >= 4 is 5.78 Å². The zero-order valence-corrected chi connectivity index (χ0v) is 10.8. The third kappa shape index (κ3) is 2.22. The summed E-state index contributed by atoms with van der Waals surface area (Å²) in [6.07, 6.45) is 5.84. The lowest BCUT2D eigenvalue weighted by atomic mass is 9.76. The Kier molecular flexibility index (Phi) is 3.46. The zero-order chi connectivity index (χ0) is 12.4. The van der Waals surface area contributed by atoms with E-state index in [0.717, 1.165) is 31.5 Å². The highest BCUT2D eigenvalue weighted by molar-refractivity contribution is 5.99. The van der Waals surface area contributed by atoms with Crippen LogP contribution in [0.4, 0.5) is 0 Å². The third-order valence-electron chi connectivity index (χ3n) is 4.48. The van der Waals surface area contributed by atoms with E-state index in [1.807, 2.05) is 12.1 Å². The quantitative estimate of drug-likeness (QED) is 0.826. The molecule has 2 fully saturated rings. The molecule has 1 aromatic carbocycles. The molecule has 0 aromatic heterocycles. The number of piperidine rings is 1. The zero-order valence-electron chi connectivity index (χ0n) is 10.8. The van der Waals surface area contributed by atoms with Crippen LogP contribution in [-0.2, 0) is 0 Å². The van der Waals surface area contributed by atoms with Gasteiger partial charge in [0.25, 0.3) is 0 Å². The topological polar surface area (TPSA) is 29.1 Å². The Morgan fingerprint density at radius 2 is 1.78 bits per heavy atom. The summed E-state index contributed by atoms with van der Waals surface area (Å²) in [4.78, 5) is 12.6. The van der Waals surface area contributed by atoms with E-state index in [9.17, 15) is 4.79 Å². The van der Waals surface area contributed by atoms with E-state index < -0.39 is 0 Å². The van der Waals surface area contributed by atoms with Gasteiger partial charge in [0, 0.05) is 11.5 Å². The Bertz CT molecular complexity index is 430. The van der Waals surface area contributed by atoms with Crippen molar-refractivity contribution in [3.63, 3.8) is 0 Å². The predicted octanol–water partition coefficient (Wildman–Crippen LogP) is 3.14. The van der Waals surface area contributed by atoms with Gasteiger partial charge in [0.15, 0.2) is 5.78 Å². The van der Waals surface area contributed by atoms with Crippen molar-refractivity contribution in [2.75, 3.05) is 13.1 Å². The van der Waals surface area contributed by atoms with E-state index in [4.69, 9.17) is 0 Å². The van der Waals surface area contributed by atoms with Crippen molar-refractivity contribution in [2.45, 2.75) is 38.0 Å². The summed E-state index contributed by atoms with van der Waals surface area (Å²) in [6.45, 7) is 1.98. The van der Waals surface area contributed by atoms with Crippen molar-refractivity contribution in [1.82, 2.24) is 5.32 Å². The average molecular weight is 243 g/mol. The van der Waals surface area contributed by atoms with Gasteiger partial charge in [-0.25, -0.2) is 0 Å². The van der Waals surface area contributed by atoms with Crippen LogP contribution in [-0.4, -0.2) is 18.9 Å². The highest BCUT2D eigenvalue weighted by atomic mass is 16.1. The number of nitrogens with one attached hydrogen (secondary N) is 1. The lowest BCUT2D eigenvalue weighted by Gasteiger charge is -2.29. The molecule has 1 saturated heterocycles. The van der Waals surface area contributed by atoms with Crippen LogP contribution in [0, 0.1) is 5.92 Å². The summed E-state index contributed by atoms with van der Waals surface area (Å²) in [5.41, 5.74) is 2.32. The largest absolute Gasteiger partial charge is 0.317 e. The molecule has 1 saturated carbocycles. The number of carbonyl (C=O) groups excluding carboxylic acids is 1. The van der Waals surface area contributed by atoms with Crippen LogP contribution >= 0.6 is 0 Å². The second-order valence-electron chi connectivity index (χ2n) is 5.60. The summed E-state index contributed by atoms with van der Waals surface area (Å²) in [5.74, 6) is 1.28. The highest BCUT2D eigenvalue weighted by Gasteiger charge is 2.28. The molecule has 18 heavy (non-hydrogen) atoms. The highest BCUT2D eigenvalue weighted by Crippen LogP contribution is 2.38. The van der Waals surface area contributed by atoms with Gasteiger partial charge in [-0.3, -0.25) is 4.79 Å². The van der Waals surface area contributed by atoms with Crippen LogP contribution in [0.5, 0.6) is 0 Å². The number of Topliss-reactive ketones (excluding diaryl/α,β-unsaturated/α-hetero) is 1. The normalized spacial score (nSPS) is 21.6. The molecule has 1 aliphatic heterocycles. The van der Waals surface area contributed by atoms with Gasteiger partial charge in [-0.1, -0.05) is 30.7 Å². The van der Waals surface area contributed by atoms with Gasteiger partial charge in [0.1, 0.15) is 0 Å². The number of carbonyl (C=O) groups is 1. The van der Waals surface area contributed by atoms with Crippen LogP contribution in [0.15, 0.2) is 24.3 Å². The fourth-order valence-corrected chi connectivity index (χ4v) is 3.10. The van der Waals surface area contributed by atoms with E-state index in [-0.39, 0.29) is 5.92 Å². The molecule has 0 spiro atoms. The van der Waals surface area contributed by atoms with E-state index in [2.05, 4.69) is 17.4 Å². The van der Waals surface area contributed by atoms with Crippen LogP contribution in [0.25, 0.3) is 0 Å². The maximum absolute atomic E-state index is 12.6. The minimum Gasteiger partial charge on any atom is -0.317 e. The Morgan fingerprint density at radius 3 is 2.44 bits per heavy atom. The lowest BCUT2D eigenvalue weighted by molar-refractivity contribution is 0.0893. The summed E-state index contributed by atoms with van der Waals surface area (Å²) < 4.78 is 0. The van der Waals surface area contributed by atoms with Crippen LogP contribution in [0.1, 0.15) is 53.9 Å². The number of ketones is 1. The van der Waals surface area contributed by atoms with Gasteiger partial charge in [0.05, 0.1) is 0 Å². The van der Waals surface area contributed by atoms with Crippen LogP contribution < -0.4 is 5.32 Å². The van der Waals surface area contributed by atoms with Crippen molar-refractivity contribution in [1.29, 1.82) is 0 Å². The number of hydrogen-bond acceptors (Lipinski definition) is 2. The molecule has 0 amide bonds. The van der Waals surface area contributed by atoms with Crippen molar-refractivity contribution < 1.29 is 4.79 Å². The maximum atomic E-state index is 12.6. The van der Waals surface area contributed by atoms with Gasteiger partial charge in [-0.15, -0.1) is 0 Å². The van der Waals surface area contributed by atoms with Crippen molar-refractivity contribution in [2.24, 2.45) is 5.92 Å². The van der Waals surface area contributed by atoms with Gasteiger partial charge in [0.2, 0.25) is 0 Å². The number of benzene rings is 1.